The predicted octanol–water partition coefficient (Wildman–Crippen LogP) is -0.836. The molecular weight excluding hydrogens is 274 g/mol. The van der Waals surface area contributed by atoms with E-state index in [9.17, 15) is 13.2 Å². The van der Waals surface area contributed by atoms with Crippen LogP contribution in [0.4, 0.5) is 0 Å². The monoisotopic (exact) mass is 293 g/mol. The van der Waals surface area contributed by atoms with Gasteiger partial charge in [-0.2, -0.15) is 0 Å². The summed E-state index contributed by atoms with van der Waals surface area (Å²) in [5.74, 6) is 0.0757. The van der Waals surface area contributed by atoms with Crippen molar-refractivity contribution in [3.63, 3.8) is 0 Å². The molecular formula is C10H19N3O3S2. The van der Waals surface area contributed by atoms with Gasteiger partial charge >= 0.3 is 0 Å². The molecule has 104 valence electrons. The highest BCUT2D eigenvalue weighted by Gasteiger charge is 2.28. The minimum atomic E-state index is -2.94. The van der Waals surface area contributed by atoms with Crippen LogP contribution >= 0.6 is 12.2 Å². The molecule has 1 unspecified atom stereocenters. The maximum atomic E-state index is 11.5. The Balaban J connectivity index is 2.17. The van der Waals surface area contributed by atoms with Gasteiger partial charge in [0.2, 0.25) is 5.91 Å². The summed E-state index contributed by atoms with van der Waals surface area (Å²) in [6.07, 6.45) is 0.791. The van der Waals surface area contributed by atoms with E-state index in [0.29, 0.717) is 18.1 Å². The number of rotatable bonds is 5. The average molecular weight is 293 g/mol. The lowest BCUT2D eigenvalue weighted by atomic mass is 10.2. The Morgan fingerprint density at radius 2 is 2.11 bits per heavy atom. The fraction of sp³-hybridized carbons (Fsp3) is 0.800. The van der Waals surface area contributed by atoms with E-state index in [1.54, 1.807) is 0 Å². The van der Waals surface area contributed by atoms with Crippen molar-refractivity contribution < 1.29 is 13.2 Å². The molecule has 1 saturated heterocycles. The molecule has 0 saturated carbocycles. The summed E-state index contributed by atoms with van der Waals surface area (Å²) in [4.78, 5) is 11.5. The van der Waals surface area contributed by atoms with Crippen LogP contribution in [0, 0.1) is 0 Å². The zero-order valence-corrected chi connectivity index (χ0v) is 12.0. The fourth-order valence-corrected chi connectivity index (χ4v) is 3.64. The maximum absolute atomic E-state index is 11.5. The van der Waals surface area contributed by atoms with Gasteiger partial charge in [-0.25, -0.2) is 8.42 Å². The molecule has 0 aromatic rings. The topological polar surface area (TPSA) is 87.3 Å². The van der Waals surface area contributed by atoms with Crippen molar-refractivity contribution in [2.75, 3.05) is 24.6 Å². The number of amides is 1. The van der Waals surface area contributed by atoms with Crippen molar-refractivity contribution in [3.8, 4) is 0 Å². The summed E-state index contributed by atoms with van der Waals surface area (Å²) >= 11 is 4.95. The van der Waals surface area contributed by atoms with Gasteiger partial charge in [-0.15, -0.1) is 0 Å². The van der Waals surface area contributed by atoms with Crippen LogP contribution in [-0.4, -0.2) is 50.1 Å². The van der Waals surface area contributed by atoms with Gasteiger partial charge in [0.15, 0.2) is 14.9 Å². The largest absolute Gasteiger partial charge is 0.363 e. The minimum absolute atomic E-state index is 0.0575. The van der Waals surface area contributed by atoms with Gasteiger partial charge in [0.25, 0.3) is 0 Å². The number of carbonyl (C=O) groups is 1. The molecule has 0 aliphatic carbocycles. The molecule has 8 heteroatoms. The van der Waals surface area contributed by atoms with Crippen molar-refractivity contribution in [1.82, 2.24) is 16.0 Å². The van der Waals surface area contributed by atoms with Crippen LogP contribution in [0.25, 0.3) is 0 Å². The van der Waals surface area contributed by atoms with Crippen LogP contribution in [0.15, 0.2) is 0 Å². The molecule has 1 aliphatic heterocycles. The fourth-order valence-electron chi connectivity index (χ4n) is 1.72. The van der Waals surface area contributed by atoms with E-state index in [2.05, 4.69) is 16.0 Å². The lowest BCUT2D eigenvalue weighted by molar-refractivity contribution is -0.121. The molecule has 0 aromatic heterocycles. The van der Waals surface area contributed by atoms with Gasteiger partial charge in [-0.1, -0.05) is 0 Å². The van der Waals surface area contributed by atoms with Gasteiger partial charge in [-0.05, 0) is 25.6 Å². The lowest BCUT2D eigenvalue weighted by Crippen LogP contribution is -2.40. The zero-order valence-electron chi connectivity index (χ0n) is 10.4. The van der Waals surface area contributed by atoms with E-state index in [-0.39, 0.29) is 29.9 Å². The summed E-state index contributed by atoms with van der Waals surface area (Å²) < 4.78 is 22.4. The third kappa shape index (κ3) is 5.63. The zero-order chi connectivity index (χ0) is 13.6. The second-order valence-corrected chi connectivity index (χ2v) is 6.84. The number of hydrogen-bond acceptors (Lipinski definition) is 4. The average Bonchev–Trinajstić information content (AvgIpc) is 2.58. The van der Waals surface area contributed by atoms with Gasteiger partial charge in [0.1, 0.15) is 0 Å². The van der Waals surface area contributed by atoms with Crippen LogP contribution in [0.3, 0.4) is 0 Å². The number of thiocarbonyl (C=S) groups is 1. The SMILES string of the molecule is CCNC(=S)NCCC(=O)NC1CCS(=O)(=O)C1. The summed E-state index contributed by atoms with van der Waals surface area (Å²) in [5, 5.41) is 9.05. The molecule has 1 aliphatic rings. The molecule has 1 amide bonds. The Kier molecular flexibility index (Phi) is 5.80. The number of hydrogen-bond donors (Lipinski definition) is 3. The molecule has 0 radical (unpaired) electrons. The number of sulfone groups is 1. The number of carbonyl (C=O) groups excluding carboxylic acids is 1. The minimum Gasteiger partial charge on any atom is -0.363 e. The molecule has 3 N–H and O–H groups in total. The Hall–Kier alpha value is -0.890. The molecule has 0 bridgehead atoms. The van der Waals surface area contributed by atoms with Gasteiger partial charge in [0.05, 0.1) is 11.5 Å². The highest BCUT2D eigenvalue weighted by atomic mass is 32.2. The number of nitrogens with one attached hydrogen (secondary N) is 3. The Labute approximate surface area is 113 Å². The summed E-state index contributed by atoms with van der Waals surface area (Å²) in [5.41, 5.74) is 0. The van der Waals surface area contributed by atoms with Crippen molar-refractivity contribution in [2.45, 2.75) is 25.8 Å². The normalized spacial score (nSPS) is 21.3. The molecule has 18 heavy (non-hydrogen) atoms. The van der Waals surface area contributed by atoms with E-state index in [0.717, 1.165) is 6.54 Å². The highest BCUT2D eigenvalue weighted by molar-refractivity contribution is 7.91. The molecule has 1 atom stereocenters. The van der Waals surface area contributed by atoms with Crippen LogP contribution in [-0.2, 0) is 14.6 Å². The molecule has 0 aromatic carbocycles. The van der Waals surface area contributed by atoms with Crippen molar-refractivity contribution in [3.05, 3.63) is 0 Å². The predicted molar refractivity (Wildman–Crippen MR) is 74.1 cm³/mol. The van der Waals surface area contributed by atoms with Crippen LogP contribution in [0.2, 0.25) is 0 Å². The maximum Gasteiger partial charge on any atom is 0.222 e. The molecule has 1 fully saturated rings. The van der Waals surface area contributed by atoms with Gasteiger partial charge in [0, 0.05) is 25.6 Å². The van der Waals surface area contributed by atoms with Crippen molar-refractivity contribution in [1.29, 1.82) is 0 Å². The first-order chi connectivity index (χ1) is 8.43. The van der Waals surface area contributed by atoms with E-state index in [1.807, 2.05) is 6.92 Å². The van der Waals surface area contributed by atoms with E-state index in [1.165, 1.54) is 0 Å². The van der Waals surface area contributed by atoms with Crippen LogP contribution in [0.1, 0.15) is 19.8 Å². The third-order valence-electron chi connectivity index (χ3n) is 2.57. The standard InChI is InChI=1S/C10H19N3O3S2/c1-2-11-10(17)12-5-3-9(14)13-8-4-6-18(15,16)7-8/h8H,2-7H2,1H3,(H,13,14)(H2,11,12,17). The Bertz CT molecular complexity index is 409. The van der Waals surface area contributed by atoms with E-state index < -0.39 is 9.84 Å². The first kappa shape index (κ1) is 15.2. The summed E-state index contributed by atoms with van der Waals surface area (Å²) in [7, 11) is -2.94. The summed E-state index contributed by atoms with van der Waals surface area (Å²) in [6.45, 7) is 3.11. The quantitative estimate of drug-likeness (QED) is 0.573. The third-order valence-corrected chi connectivity index (χ3v) is 4.63. The van der Waals surface area contributed by atoms with E-state index in [4.69, 9.17) is 12.2 Å². The second-order valence-electron chi connectivity index (χ2n) is 4.20. The second kappa shape index (κ2) is 6.89. The van der Waals surface area contributed by atoms with Crippen molar-refractivity contribution in [2.24, 2.45) is 0 Å². The first-order valence-electron chi connectivity index (χ1n) is 5.94. The van der Waals surface area contributed by atoms with Gasteiger partial charge in [-0.3, -0.25) is 4.79 Å². The summed E-state index contributed by atoms with van der Waals surface area (Å²) in [6, 6.07) is -0.233. The van der Waals surface area contributed by atoms with Crippen molar-refractivity contribution >= 4 is 33.1 Å². The smallest absolute Gasteiger partial charge is 0.222 e. The molecule has 1 heterocycles. The van der Waals surface area contributed by atoms with Crippen LogP contribution in [0.5, 0.6) is 0 Å². The lowest BCUT2D eigenvalue weighted by Gasteiger charge is -2.12. The van der Waals surface area contributed by atoms with Gasteiger partial charge < -0.3 is 16.0 Å². The Morgan fingerprint density at radius 1 is 1.39 bits per heavy atom. The highest BCUT2D eigenvalue weighted by Crippen LogP contribution is 2.11. The molecule has 6 nitrogen and oxygen atoms in total. The molecule has 1 rings (SSSR count). The Morgan fingerprint density at radius 3 is 2.67 bits per heavy atom. The van der Waals surface area contributed by atoms with E-state index >= 15 is 0 Å². The first-order valence-corrected chi connectivity index (χ1v) is 8.17. The molecule has 0 spiro atoms. The van der Waals surface area contributed by atoms with Crippen LogP contribution < -0.4 is 16.0 Å².